The van der Waals surface area contributed by atoms with Crippen LogP contribution in [0.2, 0.25) is 0 Å². The summed E-state index contributed by atoms with van der Waals surface area (Å²) in [5.41, 5.74) is 2.69. The number of carboxylic acids is 1. The topological polar surface area (TPSA) is 63.3 Å². The van der Waals surface area contributed by atoms with E-state index in [1.165, 1.54) is 0 Å². The van der Waals surface area contributed by atoms with Crippen LogP contribution in [0.5, 0.6) is 0 Å². The van der Waals surface area contributed by atoms with E-state index in [-0.39, 0.29) is 11.8 Å². The van der Waals surface area contributed by atoms with Crippen molar-refractivity contribution >= 4 is 17.1 Å². The number of carbonyl (C=O) groups is 1. The summed E-state index contributed by atoms with van der Waals surface area (Å²) in [7, 11) is 0. The Hall–Kier alpha value is -1.84. The van der Waals surface area contributed by atoms with Crippen molar-refractivity contribution in [2.45, 2.75) is 38.5 Å². The van der Waals surface area contributed by atoms with Gasteiger partial charge in [0, 0.05) is 5.92 Å². The van der Waals surface area contributed by atoms with Gasteiger partial charge < -0.3 is 9.52 Å². The number of hydrogen-bond donors (Lipinski definition) is 1. The SMILES string of the molecule is Cc1ccc2nc(C3CCCCC3C(=O)O)oc2c1. The highest BCUT2D eigenvalue weighted by atomic mass is 16.4. The Labute approximate surface area is 111 Å². The molecule has 1 aliphatic carbocycles. The maximum absolute atomic E-state index is 11.3. The molecular weight excluding hydrogens is 242 g/mol. The molecule has 1 aromatic carbocycles. The summed E-state index contributed by atoms with van der Waals surface area (Å²) >= 11 is 0. The summed E-state index contributed by atoms with van der Waals surface area (Å²) in [5.74, 6) is -0.585. The highest BCUT2D eigenvalue weighted by Gasteiger charge is 2.35. The van der Waals surface area contributed by atoms with Gasteiger partial charge in [0.05, 0.1) is 5.92 Å². The molecule has 0 amide bonds. The molecule has 3 rings (SSSR count). The summed E-state index contributed by atoms with van der Waals surface area (Å²) in [4.78, 5) is 15.8. The normalized spacial score (nSPS) is 23.6. The molecule has 2 atom stereocenters. The summed E-state index contributed by atoms with van der Waals surface area (Å²) in [6, 6.07) is 5.87. The number of rotatable bonds is 2. The first-order chi connectivity index (χ1) is 9.15. The number of hydrogen-bond acceptors (Lipinski definition) is 3. The quantitative estimate of drug-likeness (QED) is 0.896. The number of carboxylic acid groups (broad SMARTS) is 1. The van der Waals surface area contributed by atoms with E-state index in [1.807, 2.05) is 25.1 Å². The molecule has 1 aliphatic rings. The molecule has 1 aromatic heterocycles. The van der Waals surface area contributed by atoms with Crippen LogP contribution in [0.3, 0.4) is 0 Å². The molecule has 0 bridgehead atoms. The zero-order chi connectivity index (χ0) is 13.4. The summed E-state index contributed by atoms with van der Waals surface area (Å²) < 4.78 is 5.79. The van der Waals surface area contributed by atoms with Crippen LogP contribution in [0.1, 0.15) is 43.1 Å². The number of aryl methyl sites for hydroxylation is 1. The molecule has 1 N–H and O–H groups in total. The van der Waals surface area contributed by atoms with Gasteiger partial charge in [-0.2, -0.15) is 0 Å². The molecular formula is C15H17NO3. The van der Waals surface area contributed by atoms with Crippen LogP contribution < -0.4 is 0 Å². The van der Waals surface area contributed by atoms with E-state index < -0.39 is 5.97 Å². The largest absolute Gasteiger partial charge is 0.481 e. The van der Waals surface area contributed by atoms with Crippen molar-refractivity contribution in [3.05, 3.63) is 29.7 Å². The molecule has 100 valence electrons. The molecule has 0 aliphatic heterocycles. The third-order valence-electron chi connectivity index (χ3n) is 3.96. The first kappa shape index (κ1) is 12.2. The number of fused-ring (bicyclic) bond motifs is 1. The van der Waals surface area contributed by atoms with E-state index in [9.17, 15) is 9.90 Å². The maximum Gasteiger partial charge on any atom is 0.307 e. The summed E-state index contributed by atoms with van der Waals surface area (Å²) in [6.45, 7) is 2.00. The Morgan fingerprint density at radius 2 is 2.16 bits per heavy atom. The predicted molar refractivity (Wildman–Crippen MR) is 71.1 cm³/mol. The lowest BCUT2D eigenvalue weighted by molar-refractivity contribution is -0.143. The monoisotopic (exact) mass is 259 g/mol. The number of aromatic nitrogens is 1. The molecule has 2 aromatic rings. The third-order valence-corrected chi connectivity index (χ3v) is 3.96. The minimum absolute atomic E-state index is 0.0843. The first-order valence-electron chi connectivity index (χ1n) is 6.75. The van der Waals surface area contributed by atoms with Gasteiger partial charge >= 0.3 is 5.97 Å². The van der Waals surface area contributed by atoms with Crippen LogP contribution in [-0.2, 0) is 4.79 Å². The molecule has 1 fully saturated rings. The van der Waals surface area contributed by atoms with Crippen molar-refractivity contribution in [3.8, 4) is 0 Å². The van der Waals surface area contributed by atoms with Crippen molar-refractivity contribution in [3.63, 3.8) is 0 Å². The van der Waals surface area contributed by atoms with Gasteiger partial charge in [0.2, 0.25) is 0 Å². The Balaban J connectivity index is 1.99. The number of nitrogens with zero attached hydrogens (tertiary/aromatic N) is 1. The molecule has 19 heavy (non-hydrogen) atoms. The third kappa shape index (κ3) is 2.23. The average Bonchev–Trinajstić information content (AvgIpc) is 2.81. The van der Waals surface area contributed by atoms with Gasteiger partial charge in [-0.3, -0.25) is 4.79 Å². The first-order valence-corrected chi connectivity index (χ1v) is 6.75. The second-order valence-electron chi connectivity index (χ2n) is 5.36. The molecule has 0 spiro atoms. The zero-order valence-electron chi connectivity index (χ0n) is 10.9. The van der Waals surface area contributed by atoms with Crippen molar-refractivity contribution < 1.29 is 14.3 Å². The molecule has 2 unspecified atom stereocenters. The van der Waals surface area contributed by atoms with Crippen LogP contribution in [0.15, 0.2) is 22.6 Å². The predicted octanol–water partition coefficient (Wildman–Crippen LogP) is 3.49. The van der Waals surface area contributed by atoms with Gasteiger partial charge in [-0.25, -0.2) is 4.98 Å². The van der Waals surface area contributed by atoms with Gasteiger partial charge in [-0.05, 0) is 37.5 Å². The molecule has 0 radical (unpaired) electrons. The smallest absolute Gasteiger partial charge is 0.307 e. The number of benzene rings is 1. The van der Waals surface area contributed by atoms with Crippen molar-refractivity contribution in [1.82, 2.24) is 4.98 Å². The van der Waals surface area contributed by atoms with E-state index in [0.717, 1.165) is 42.3 Å². The van der Waals surface area contributed by atoms with Gasteiger partial charge in [0.25, 0.3) is 0 Å². The van der Waals surface area contributed by atoms with E-state index in [1.54, 1.807) is 0 Å². The fourth-order valence-electron chi connectivity index (χ4n) is 2.93. The molecule has 1 heterocycles. The number of aliphatic carboxylic acids is 1. The summed E-state index contributed by atoms with van der Waals surface area (Å²) in [6.07, 6.45) is 3.60. The lowest BCUT2D eigenvalue weighted by Gasteiger charge is -2.25. The van der Waals surface area contributed by atoms with E-state index in [2.05, 4.69) is 4.98 Å². The molecule has 4 nitrogen and oxygen atoms in total. The molecule has 4 heteroatoms. The second kappa shape index (κ2) is 4.68. The van der Waals surface area contributed by atoms with Crippen molar-refractivity contribution in [2.75, 3.05) is 0 Å². The van der Waals surface area contributed by atoms with Gasteiger partial charge in [-0.15, -0.1) is 0 Å². The van der Waals surface area contributed by atoms with Crippen LogP contribution in [0.4, 0.5) is 0 Å². The van der Waals surface area contributed by atoms with E-state index >= 15 is 0 Å². The minimum atomic E-state index is -0.733. The zero-order valence-corrected chi connectivity index (χ0v) is 10.9. The Morgan fingerprint density at radius 3 is 2.95 bits per heavy atom. The molecule has 0 saturated heterocycles. The Morgan fingerprint density at radius 1 is 1.37 bits per heavy atom. The van der Waals surface area contributed by atoms with Crippen LogP contribution in [0.25, 0.3) is 11.1 Å². The molecule has 1 saturated carbocycles. The highest BCUT2D eigenvalue weighted by Crippen LogP contribution is 2.38. The van der Waals surface area contributed by atoms with E-state index in [0.29, 0.717) is 5.89 Å². The van der Waals surface area contributed by atoms with Crippen LogP contribution >= 0.6 is 0 Å². The van der Waals surface area contributed by atoms with Crippen molar-refractivity contribution in [2.24, 2.45) is 5.92 Å². The Bertz CT molecular complexity index is 617. The number of oxazole rings is 1. The lowest BCUT2D eigenvalue weighted by atomic mass is 9.79. The highest BCUT2D eigenvalue weighted by molar-refractivity contribution is 5.74. The maximum atomic E-state index is 11.3. The van der Waals surface area contributed by atoms with Crippen LogP contribution in [-0.4, -0.2) is 16.1 Å². The van der Waals surface area contributed by atoms with E-state index in [4.69, 9.17) is 4.42 Å². The second-order valence-corrected chi connectivity index (χ2v) is 5.36. The van der Waals surface area contributed by atoms with Crippen LogP contribution in [0, 0.1) is 12.8 Å². The summed E-state index contributed by atoms with van der Waals surface area (Å²) in [5, 5.41) is 9.32. The Kier molecular flexibility index (Phi) is 3.01. The lowest BCUT2D eigenvalue weighted by Crippen LogP contribution is -2.25. The van der Waals surface area contributed by atoms with Gasteiger partial charge in [-0.1, -0.05) is 18.9 Å². The van der Waals surface area contributed by atoms with Gasteiger partial charge in [0.1, 0.15) is 5.52 Å². The fourth-order valence-corrected chi connectivity index (χ4v) is 2.93. The fraction of sp³-hybridized carbons (Fsp3) is 0.467. The van der Waals surface area contributed by atoms with Crippen molar-refractivity contribution in [1.29, 1.82) is 0 Å². The van der Waals surface area contributed by atoms with Gasteiger partial charge in [0.15, 0.2) is 11.5 Å². The standard InChI is InChI=1S/C15H17NO3/c1-9-6-7-12-13(8-9)19-14(16-12)10-4-2-3-5-11(10)15(17)18/h6-8,10-11H,2-5H2,1H3,(H,17,18). The average molecular weight is 259 g/mol. The minimum Gasteiger partial charge on any atom is -0.481 e.